The number of benzene rings is 1. The molecule has 1 unspecified atom stereocenters. The Morgan fingerprint density at radius 1 is 1.27 bits per heavy atom. The molecule has 2 saturated carbocycles. The molecule has 1 aliphatic heterocycles. The average molecular weight is 583 g/mol. The summed E-state index contributed by atoms with van der Waals surface area (Å²) in [7, 11) is 7.66. The lowest BCUT2D eigenvalue weighted by atomic mass is 10.00. The van der Waals surface area contributed by atoms with E-state index in [-0.39, 0.29) is 16.4 Å². The summed E-state index contributed by atoms with van der Waals surface area (Å²) in [5.74, 6) is 0.172. The first-order valence-corrected chi connectivity index (χ1v) is 15.1. The molecular formula is C29H35FN6O4S. The smallest absolute Gasteiger partial charge is 0.241 e. The van der Waals surface area contributed by atoms with Crippen LogP contribution in [0.4, 0.5) is 21.5 Å². The summed E-state index contributed by atoms with van der Waals surface area (Å²) in [6.07, 6.45) is 8.33. The standard InChI is InChI=1S/C29H35FN6O4S/c1-34(2)10-5-11-39-28-22(33-41(38)19-6-7-19)12-18(14-32-28)24-20(30)13-21-25-26(23(15-31-21)35(3)17-37)36(4)29(8-9-29)16-40-27(24)25/h12-15,17,19,33H,5-11,16H2,1-4H3. The number of rotatable bonds is 11. The Hall–Kier alpha value is -3.35. The van der Waals surface area contributed by atoms with Crippen LogP contribution in [0, 0.1) is 5.82 Å². The molecule has 1 aromatic carbocycles. The van der Waals surface area contributed by atoms with Crippen LogP contribution in [0.15, 0.2) is 24.5 Å². The zero-order chi connectivity index (χ0) is 28.9. The second kappa shape index (κ2) is 10.8. The van der Waals surface area contributed by atoms with Crippen LogP contribution in [0.3, 0.4) is 0 Å². The Morgan fingerprint density at radius 2 is 2.05 bits per heavy atom. The van der Waals surface area contributed by atoms with Crippen LogP contribution in [0.2, 0.25) is 0 Å². The highest BCUT2D eigenvalue weighted by Crippen LogP contribution is 2.54. The monoisotopic (exact) mass is 582 g/mol. The molecule has 0 saturated heterocycles. The van der Waals surface area contributed by atoms with E-state index in [4.69, 9.17) is 9.47 Å². The van der Waals surface area contributed by atoms with Gasteiger partial charge in [-0.1, -0.05) is 0 Å². The highest BCUT2D eigenvalue weighted by Gasteiger charge is 2.50. The van der Waals surface area contributed by atoms with Gasteiger partial charge in [-0.3, -0.25) is 9.78 Å². The molecule has 2 aliphatic carbocycles. The largest absolute Gasteiger partial charge is 0.593 e. The van der Waals surface area contributed by atoms with E-state index in [0.717, 1.165) is 50.7 Å². The highest BCUT2D eigenvalue weighted by molar-refractivity contribution is 7.93. The minimum atomic E-state index is -1.31. The van der Waals surface area contributed by atoms with Crippen molar-refractivity contribution in [3.63, 3.8) is 0 Å². The molecule has 2 fully saturated rings. The fourth-order valence-corrected chi connectivity index (χ4v) is 6.39. The van der Waals surface area contributed by atoms with E-state index in [9.17, 15) is 9.35 Å². The number of nitrogens with one attached hydrogen (secondary N) is 1. The van der Waals surface area contributed by atoms with Gasteiger partial charge in [0.2, 0.25) is 12.3 Å². The zero-order valence-electron chi connectivity index (χ0n) is 23.8. The number of carbonyl (C=O) groups is 1. The molecule has 1 N–H and O–H groups in total. The van der Waals surface area contributed by atoms with Crippen molar-refractivity contribution in [3.05, 3.63) is 30.3 Å². The van der Waals surface area contributed by atoms with Gasteiger partial charge in [0.1, 0.15) is 29.1 Å². The van der Waals surface area contributed by atoms with Crippen LogP contribution in [-0.4, -0.2) is 84.6 Å². The molecule has 3 aromatic rings. The van der Waals surface area contributed by atoms with E-state index in [2.05, 4.69) is 24.5 Å². The first-order chi connectivity index (χ1) is 19.7. The quantitative estimate of drug-likeness (QED) is 0.204. The van der Waals surface area contributed by atoms with Crippen LogP contribution in [0.5, 0.6) is 11.6 Å². The van der Waals surface area contributed by atoms with E-state index in [1.54, 1.807) is 25.5 Å². The molecule has 218 valence electrons. The third-order valence-corrected chi connectivity index (χ3v) is 9.58. The average Bonchev–Trinajstić information content (AvgIpc) is 3.87. The lowest BCUT2D eigenvalue weighted by Crippen LogP contribution is -2.38. The van der Waals surface area contributed by atoms with Gasteiger partial charge in [0.05, 0.1) is 57.5 Å². The van der Waals surface area contributed by atoms with Crippen molar-refractivity contribution in [2.24, 2.45) is 0 Å². The molecule has 1 spiro atoms. The number of pyridine rings is 2. The van der Waals surface area contributed by atoms with Crippen molar-refractivity contribution in [2.75, 3.05) is 62.5 Å². The van der Waals surface area contributed by atoms with E-state index in [0.29, 0.717) is 52.7 Å². The number of anilines is 3. The second-order valence-electron chi connectivity index (χ2n) is 11.4. The van der Waals surface area contributed by atoms with E-state index in [1.807, 2.05) is 21.1 Å². The SMILES string of the molecule is CN(C)CCCOc1ncc(-c2c(F)cc3ncc(N(C)C=O)c4c3c2OCC2(CC2)N4C)cc1N[S+]([O-])C1CC1. The predicted octanol–water partition coefficient (Wildman–Crippen LogP) is 3.96. The molecule has 1 amide bonds. The Morgan fingerprint density at radius 3 is 2.73 bits per heavy atom. The molecule has 6 rings (SSSR count). The normalized spacial score (nSPS) is 17.8. The zero-order valence-corrected chi connectivity index (χ0v) is 24.6. The Kier molecular flexibility index (Phi) is 7.33. The summed E-state index contributed by atoms with van der Waals surface area (Å²) >= 11 is -1.31. The molecule has 3 heterocycles. The maximum atomic E-state index is 16.0. The number of carbonyl (C=O) groups excluding carboxylic acids is 1. The number of ether oxygens (including phenoxy) is 2. The molecule has 12 heteroatoms. The van der Waals surface area contributed by atoms with Gasteiger partial charge < -0.3 is 28.7 Å². The van der Waals surface area contributed by atoms with Crippen molar-refractivity contribution in [1.82, 2.24) is 14.9 Å². The van der Waals surface area contributed by atoms with Gasteiger partial charge in [0.15, 0.2) is 0 Å². The third-order valence-electron chi connectivity index (χ3n) is 8.08. The molecular weight excluding hydrogens is 547 g/mol. The molecule has 0 radical (unpaired) electrons. The number of aromatic nitrogens is 2. The number of hydrogen-bond donors (Lipinski definition) is 1. The lowest BCUT2D eigenvalue weighted by molar-refractivity contribution is -0.107. The van der Waals surface area contributed by atoms with Crippen LogP contribution in [0.25, 0.3) is 22.0 Å². The van der Waals surface area contributed by atoms with Crippen molar-refractivity contribution < 1.29 is 23.2 Å². The van der Waals surface area contributed by atoms with Gasteiger partial charge >= 0.3 is 0 Å². The van der Waals surface area contributed by atoms with Crippen molar-refractivity contribution in [2.45, 2.75) is 42.9 Å². The Bertz CT molecular complexity index is 1480. The number of halogens is 1. The van der Waals surface area contributed by atoms with Gasteiger partial charge in [0.25, 0.3) is 0 Å². The third kappa shape index (κ3) is 5.24. The Labute approximate surface area is 242 Å². The van der Waals surface area contributed by atoms with E-state index < -0.39 is 17.2 Å². The molecule has 0 bridgehead atoms. The first-order valence-electron chi connectivity index (χ1n) is 13.9. The lowest BCUT2D eigenvalue weighted by Gasteiger charge is -2.30. The summed E-state index contributed by atoms with van der Waals surface area (Å²) in [6.45, 7) is 1.65. The van der Waals surface area contributed by atoms with Crippen molar-refractivity contribution in [3.8, 4) is 22.8 Å². The fraction of sp³-hybridized carbons (Fsp3) is 0.483. The maximum Gasteiger partial charge on any atom is 0.241 e. The van der Waals surface area contributed by atoms with Crippen LogP contribution in [0.1, 0.15) is 32.1 Å². The van der Waals surface area contributed by atoms with E-state index in [1.165, 1.54) is 11.0 Å². The van der Waals surface area contributed by atoms with Crippen LogP contribution >= 0.6 is 0 Å². The summed E-state index contributed by atoms with van der Waals surface area (Å²) in [4.78, 5) is 26.5. The Balaban J connectivity index is 1.47. The maximum absolute atomic E-state index is 16.0. The molecule has 41 heavy (non-hydrogen) atoms. The van der Waals surface area contributed by atoms with Crippen molar-refractivity contribution in [1.29, 1.82) is 0 Å². The fourth-order valence-electron chi connectivity index (χ4n) is 5.30. The number of nitrogens with zero attached hydrogens (tertiary/aromatic N) is 5. The number of hydrogen-bond acceptors (Lipinski definition) is 9. The summed E-state index contributed by atoms with van der Waals surface area (Å²) in [5.41, 5.74) is 2.74. The number of amides is 1. The molecule has 1 atom stereocenters. The van der Waals surface area contributed by atoms with Crippen molar-refractivity contribution >= 4 is 45.7 Å². The first kappa shape index (κ1) is 27.8. The molecule has 2 aromatic heterocycles. The topological polar surface area (TPSA) is 106 Å². The van der Waals surface area contributed by atoms with E-state index >= 15 is 4.39 Å². The van der Waals surface area contributed by atoms with Gasteiger partial charge in [-0.2, -0.15) is 0 Å². The predicted molar refractivity (Wildman–Crippen MR) is 159 cm³/mol. The summed E-state index contributed by atoms with van der Waals surface area (Å²) < 4.78 is 44.3. The minimum absolute atomic E-state index is 0.0813. The van der Waals surface area contributed by atoms with Gasteiger partial charge in [-0.15, -0.1) is 0 Å². The molecule has 3 aliphatic rings. The highest BCUT2D eigenvalue weighted by atomic mass is 32.2. The number of likely N-dealkylation sites (N-methyl/N-ethyl adjacent to an activating group) is 1. The van der Waals surface area contributed by atoms with Crippen LogP contribution < -0.4 is 24.0 Å². The minimum Gasteiger partial charge on any atom is -0.593 e. The second-order valence-corrected chi connectivity index (χ2v) is 12.9. The van der Waals surface area contributed by atoms with Gasteiger partial charge in [-0.05, 0) is 39.4 Å². The summed E-state index contributed by atoms with van der Waals surface area (Å²) in [6, 6.07) is 3.13. The van der Waals surface area contributed by atoms with Gasteiger partial charge in [-0.25, -0.2) is 14.1 Å². The summed E-state index contributed by atoms with van der Waals surface area (Å²) in [5, 5.41) is 0.719. The van der Waals surface area contributed by atoms with Crippen LogP contribution in [-0.2, 0) is 16.2 Å². The molecule has 10 nitrogen and oxygen atoms in total. The van der Waals surface area contributed by atoms with Gasteiger partial charge in [0, 0.05) is 51.3 Å².